The third kappa shape index (κ3) is 5.03. The molecule has 0 aromatic carbocycles. The van der Waals surface area contributed by atoms with E-state index in [-0.39, 0.29) is 5.97 Å². The molecule has 0 aliphatic heterocycles. The summed E-state index contributed by atoms with van der Waals surface area (Å²) in [7, 11) is 1.39. The number of carbonyl (C=O) groups excluding carboxylic acids is 1. The number of hydrogen-bond acceptors (Lipinski definition) is 6. The third-order valence-corrected chi connectivity index (χ3v) is 2.75. The Morgan fingerprint density at radius 2 is 2.10 bits per heavy atom. The number of nitrogens with zero attached hydrogens (tertiary/aromatic N) is 3. The molecule has 6 nitrogen and oxygen atoms in total. The minimum Gasteiger partial charge on any atom is -0.478 e. The Bertz CT molecular complexity index is 438. The summed E-state index contributed by atoms with van der Waals surface area (Å²) in [5.41, 5.74) is 0.845. The molecule has 1 rings (SSSR count). The number of anilines is 1. The largest absolute Gasteiger partial charge is 0.478 e. The predicted octanol–water partition coefficient (Wildman–Crippen LogP) is 1.96. The van der Waals surface area contributed by atoms with Crippen LogP contribution in [0.15, 0.2) is 6.07 Å². The average molecular weight is 281 g/mol. The van der Waals surface area contributed by atoms with E-state index < -0.39 is 0 Å². The van der Waals surface area contributed by atoms with Gasteiger partial charge in [0.25, 0.3) is 0 Å². The van der Waals surface area contributed by atoms with Crippen LogP contribution in [0.1, 0.15) is 32.4 Å². The molecule has 6 heteroatoms. The molecule has 0 aliphatic rings. The Hall–Kier alpha value is -1.85. The minimum absolute atomic E-state index is 0.237. The van der Waals surface area contributed by atoms with Gasteiger partial charge in [-0.2, -0.15) is 4.98 Å². The van der Waals surface area contributed by atoms with E-state index in [0.717, 1.165) is 12.1 Å². The number of hydrogen-bond donors (Lipinski definition) is 0. The SMILES string of the molecule is CCCOc1cc(C)nc(N(CC)CCC(=O)OC)n1. The van der Waals surface area contributed by atoms with Crippen LogP contribution in [-0.2, 0) is 9.53 Å². The smallest absolute Gasteiger partial charge is 0.307 e. The van der Waals surface area contributed by atoms with Crippen LogP contribution in [0.3, 0.4) is 0 Å². The molecule has 20 heavy (non-hydrogen) atoms. The topological polar surface area (TPSA) is 64.5 Å². The van der Waals surface area contributed by atoms with Crippen LogP contribution < -0.4 is 9.64 Å². The maximum atomic E-state index is 11.2. The van der Waals surface area contributed by atoms with Crippen molar-refractivity contribution in [3.63, 3.8) is 0 Å². The highest BCUT2D eigenvalue weighted by atomic mass is 16.5. The zero-order valence-electron chi connectivity index (χ0n) is 12.7. The van der Waals surface area contributed by atoms with Crippen LogP contribution >= 0.6 is 0 Å². The van der Waals surface area contributed by atoms with Crippen LogP contribution in [0.5, 0.6) is 5.88 Å². The molecule has 0 atom stereocenters. The Balaban J connectivity index is 2.79. The quantitative estimate of drug-likeness (QED) is 0.679. The van der Waals surface area contributed by atoms with Gasteiger partial charge in [0, 0.05) is 24.8 Å². The number of ether oxygens (including phenoxy) is 2. The van der Waals surface area contributed by atoms with Gasteiger partial charge in [-0.3, -0.25) is 4.79 Å². The van der Waals surface area contributed by atoms with Crippen LogP contribution in [0.25, 0.3) is 0 Å². The second-order valence-corrected chi connectivity index (χ2v) is 4.40. The van der Waals surface area contributed by atoms with E-state index in [2.05, 4.69) is 14.7 Å². The van der Waals surface area contributed by atoms with E-state index in [0.29, 0.717) is 37.9 Å². The number of aromatic nitrogens is 2. The normalized spacial score (nSPS) is 10.2. The summed E-state index contributed by atoms with van der Waals surface area (Å²) in [6, 6.07) is 1.81. The van der Waals surface area contributed by atoms with E-state index in [1.807, 2.05) is 31.7 Å². The maximum Gasteiger partial charge on any atom is 0.307 e. The van der Waals surface area contributed by atoms with E-state index in [9.17, 15) is 4.79 Å². The van der Waals surface area contributed by atoms with Crippen molar-refractivity contribution in [3.8, 4) is 5.88 Å². The first-order valence-electron chi connectivity index (χ1n) is 6.90. The maximum absolute atomic E-state index is 11.2. The highest BCUT2D eigenvalue weighted by molar-refractivity contribution is 5.69. The highest BCUT2D eigenvalue weighted by Gasteiger charge is 2.12. The molecule has 0 unspecified atom stereocenters. The van der Waals surface area contributed by atoms with Gasteiger partial charge in [0.1, 0.15) is 0 Å². The zero-order chi connectivity index (χ0) is 15.0. The van der Waals surface area contributed by atoms with Crippen molar-refractivity contribution in [2.75, 3.05) is 31.7 Å². The molecule has 0 saturated carbocycles. The van der Waals surface area contributed by atoms with Crippen molar-refractivity contribution < 1.29 is 14.3 Å². The van der Waals surface area contributed by atoms with Gasteiger partial charge in [0.05, 0.1) is 20.1 Å². The van der Waals surface area contributed by atoms with E-state index in [1.54, 1.807) is 0 Å². The van der Waals surface area contributed by atoms with Gasteiger partial charge < -0.3 is 14.4 Å². The standard InChI is InChI=1S/C14H23N3O3/c1-5-9-20-12-10-11(3)15-14(16-12)17(6-2)8-7-13(18)19-4/h10H,5-9H2,1-4H3. The molecule has 0 radical (unpaired) electrons. The second kappa shape index (κ2) is 8.35. The lowest BCUT2D eigenvalue weighted by atomic mass is 10.4. The van der Waals surface area contributed by atoms with Gasteiger partial charge in [0.2, 0.25) is 11.8 Å². The fourth-order valence-corrected chi connectivity index (χ4v) is 1.67. The summed E-state index contributed by atoms with van der Waals surface area (Å²) in [6.45, 7) is 7.81. The van der Waals surface area contributed by atoms with Gasteiger partial charge >= 0.3 is 5.97 Å². The minimum atomic E-state index is -0.237. The van der Waals surface area contributed by atoms with Crippen molar-refractivity contribution in [2.24, 2.45) is 0 Å². The van der Waals surface area contributed by atoms with Crippen molar-refractivity contribution in [3.05, 3.63) is 11.8 Å². The second-order valence-electron chi connectivity index (χ2n) is 4.40. The summed E-state index contributed by atoms with van der Waals surface area (Å²) in [4.78, 5) is 21.9. The molecule has 0 aliphatic carbocycles. The Morgan fingerprint density at radius 3 is 2.70 bits per heavy atom. The summed E-state index contributed by atoms with van der Waals surface area (Å²) in [6.07, 6.45) is 1.24. The lowest BCUT2D eigenvalue weighted by Crippen LogP contribution is -2.28. The fraction of sp³-hybridized carbons (Fsp3) is 0.643. The van der Waals surface area contributed by atoms with Crippen molar-refractivity contribution in [2.45, 2.75) is 33.6 Å². The molecule has 112 valence electrons. The molecule has 0 bridgehead atoms. The fourth-order valence-electron chi connectivity index (χ4n) is 1.67. The Labute approximate surface area is 120 Å². The van der Waals surface area contributed by atoms with Crippen molar-refractivity contribution in [1.29, 1.82) is 0 Å². The zero-order valence-corrected chi connectivity index (χ0v) is 12.7. The van der Waals surface area contributed by atoms with Crippen molar-refractivity contribution in [1.82, 2.24) is 9.97 Å². The lowest BCUT2D eigenvalue weighted by Gasteiger charge is -2.21. The van der Waals surface area contributed by atoms with E-state index >= 15 is 0 Å². The number of esters is 1. The molecule has 0 amide bonds. The first-order chi connectivity index (χ1) is 9.60. The van der Waals surface area contributed by atoms with Gasteiger partial charge in [-0.05, 0) is 20.3 Å². The van der Waals surface area contributed by atoms with Crippen molar-refractivity contribution >= 4 is 11.9 Å². The van der Waals surface area contributed by atoms with Gasteiger partial charge in [-0.1, -0.05) is 6.92 Å². The number of aryl methyl sites for hydroxylation is 1. The molecule has 0 N–H and O–H groups in total. The molecule has 0 saturated heterocycles. The Kier molecular flexibility index (Phi) is 6.76. The van der Waals surface area contributed by atoms with Gasteiger partial charge in [0.15, 0.2) is 0 Å². The van der Waals surface area contributed by atoms with Crippen LogP contribution in [0.4, 0.5) is 5.95 Å². The average Bonchev–Trinajstić information content (AvgIpc) is 2.45. The first kappa shape index (κ1) is 16.2. The summed E-state index contributed by atoms with van der Waals surface area (Å²) in [5.74, 6) is 0.923. The van der Waals surface area contributed by atoms with Crippen LogP contribution in [0, 0.1) is 6.92 Å². The number of carbonyl (C=O) groups is 1. The predicted molar refractivity (Wildman–Crippen MR) is 77.1 cm³/mol. The molecule has 1 aromatic heterocycles. The lowest BCUT2D eigenvalue weighted by molar-refractivity contribution is -0.140. The monoisotopic (exact) mass is 281 g/mol. The molecule has 0 fully saturated rings. The van der Waals surface area contributed by atoms with Crippen LogP contribution in [-0.4, -0.2) is 42.7 Å². The van der Waals surface area contributed by atoms with Gasteiger partial charge in [-0.15, -0.1) is 0 Å². The highest BCUT2D eigenvalue weighted by Crippen LogP contribution is 2.16. The summed E-state index contributed by atoms with van der Waals surface area (Å²) < 4.78 is 10.2. The third-order valence-electron chi connectivity index (χ3n) is 2.75. The number of rotatable bonds is 8. The molecular weight excluding hydrogens is 258 g/mol. The van der Waals surface area contributed by atoms with E-state index in [1.165, 1.54) is 7.11 Å². The molecule has 1 heterocycles. The molecule has 1 aromatic rings. The summed E-state index contributed by atoms with van der Waals surface area (Å²) >= 11 is 0. The molecular formula is C14H23N3O3. The Morgan fingerprint density at radius 1 is 1.35 bits per heavy atom. The van der Waals surface area contributed by atoms with Gasteiger partial charge in [-0.25, -0.2) is 4.98 Å². The summed E-state index contributed by atoms with van der Waals surface area (Å²) in [5, 5.41) is 0. The van der Waals surface area contributed by atoms with Crippen LogP contribution in [0.2, 0.25) is 0 Å². The first-order valence-corrected chi connectivity index (χ1v) is 6.90. The number of methoxy groups -OCH3 is 1. The molecule has 0 spiro atoms. The van der Waals surface area contributed by atoms with E-state index in [4.69, 9.17) is 4.74 Å².